The summed E-state index contributed by atoms with van der Waals surface area (Å²) in [6.45, 7) is 2.10. The number of amidine groups is 1. The number of fused-ring (bicyclic) bond motifs is 1. The number of thiazole rings is 1. The van der Waals surface area contributed by atoms with E-state index >= 15 is 0 Å². The van der Waals surface area contributed by atoms with E-state index < -0.39 is 5.41 Å². The molecule has 8 heteroatoms. The molecule has 1 amide bonds. The Labute approximate surface area is 190 Å². The number of nitrogens with zero attached hydrogens (tertiary/aromatic N) is 2. The van der Waals surface area contributed by atoms with E-state index in [2.05, 4.69) is 39.3 Å². The van der Waals surface area contributed by atoms with Crippen molar-refractivity contribution in [1.82, 2.24) is 9.88 Å². The van der Waals surface area contributed by atoms with Crippen molar-refractivity contribution >= 4 is 61.3 Å². The van der Waals surface area contributed by atoms with Gasteiger partial charge in [0.25, 0.3) is 0 Å². The normalized spacial score (nSPS) is 22.2. The number of hydrogen-bond acceptors (Lipinski definition) is 6. The lowest BCUT2D eigenvalue weighted by atomic mass is 9.67. The van der Waals surface area contributed by atoms with Crippen LogP contribution in [0.3, 0.4) is 0 Å². The summed E-state index contributed by atoms with van der Waals surface area (Å²) in [7, 11) is 1.70. The Bertz CT molecular complexity index is 1290. The lowest BCUT2D eigenvalue weighted by Crippen LogP contribution is -2.51. The molecule has 1 saturated heterocycles. The predicted octanol–water partition coefficient (Wildman–Crippen LogP) is 6.26. The lowest BCUT2D eigenvalue weighted by Gasteiger charge is -2.44. The summed E-state index contributed by atoms with van der Waals surface area (Å²) in [5.41, 5.74) is 2.28. The number of likely N-dealkylation sites (N-methyl/N-ethyl adjacent to an activating group) is 1. The largest absolute Gasteiger partial charge is 0.464 e. The van der Waals surface area contributed by atoms with Crippen LogP contribution in [0.25, 0.3) is 21.5 Å². The molecule has 3 aromatic heterocycles. The van der Waals surface area contributed by atoms with Gasteiger partial charge in [-0.2, -0.15) is 0 Å². The van der Waals surface area contributed by atoms with Gasteiger partial charge in [-0.25, -0.2) is 4.98 Å². The third-order valence-electron chi connectivity index (χ3n) is 5.85. The van der Waals surface area contributed by atoms with Crippen LogP contribution in [-0.2, 0) is 10.2 Å². The highest BCUT2D eigenvalue weighted by Crippen LogP contribution is 2.49. The maximum atomic E-state index is 13.4. The molecule has 1 aliphatic rings. The zero-order valence-electron chi connectivity index (χ0n) is 16.3. The average molecular weight is 500 g/mol. The van der Waals surface area contributed by atoms with Crippen molar-refractivity contribution in [1.29, 1.82) is 5.41 Å². The summed E-state index contributed by atoms with van der Waals surface area (Å²) in [6, 6.07) is 9.98. The van der Waals surface area contributed by atoms with Crippen molar-refractivity contribution in [3.8, 4) is 10.6 Å². The van der Waals surface area contributed by atoms with Gasteiger partial charge < -0.3 is 9.32 Å². The van der Waals surface area contributed by atoms with E-state index in [-0.39, 0.29) is 11.8 Å². The molecule has 152 valence electrons. The van der Waals surface area contributed by atoms with E-state index in [4.69, 9.17) is 9.83 Å². The molecule has 30 heavy (non-hydrogen) atoms. The highest BCUT2D eigenvalue weighted by atomic mass is 79.9. The second-order valence-corrected chi connectivity index (χ2v) is 11.1. The van der Waals surface area contributed by atoms with Gasteiger partial charge in [0.2, 0.25) is 5.91 Å². The van der Waals surface area contributed by atoms with Gasteiger partial charge in [0.05, 0.1) is 22.2 Å². The first kappa shape index (κ1) is 19.7. The summed E-state index contributed by atoms with van der Waals surface area (Å²) >= 11 is 6.69. The Balaban J connectivity index is 1.63. The second kappa shape index (κ2) is 7.14. The van der Waals surface area contributed by atoms with Crippen LogP contribution in [0.5, 0.6) is 0 Å². The topological polar surface area (TPSA) is 70.2 Å². The predicted molar refractivity (Wildman–Crippen MR) is 125 cm³/mol. The molecule has 1 unspecified atom stereocenters. The van der Waals surface area contributed by atoms with Crippen molar-refractivity contribution in [2.75, 3.05) is 7.05 Å². The molecule has 5 rings (SSSR count). The van der Waals surface area contributed by atoms with Crippen LogP contribution in [0.4, 0.5) is 0 Å². The fraction of sp³-hybridized carbons (Fsp3) is 0.227. The van der Waals surface area contributed by atoms with Crippen LogP contribution in [0.15, 0.2) is 56.4 Å². The Morgan fingerprint density at radius 3 is 2.93 bits per heavy atom. The van der Waals surface area contributed by atoms with E-state index in [1.54, 1.807) is 42.2 Å². The van der Waals surface area contributed by atoms with Gasteiger partial charge in [0.1, 0.15) is 16.4 Å². The van der Waals surface area contributed by atoms with Crippen LogP contribution >= 0.6 is 38.6 Å². The Hall–Kier alpha value is -2.29. The molecule has 4 aromatic rings. The highest BCUT2D eigenvalue weighted by molar-refractivity contribution is 9.11. The number of carbonyl (C=O) groups excluding carboxylic acids is 1. The number of piperidine rings is 1. The number of amides is 1. The quantitative estimate of drug-likeness (QED) is 0.361. The van der Waals surface area contributed by atoms with Crippen molar-refractivity contribution < 1.29 is 9.21 Å². The fourth-order valence-corrected chi connectivity index (χ4v) is 6.56. The van der Waals surface area contributed by atoms with Crippen molar-refractivity contribution in [2.24, 2.45) is 0 Å². The molecule has 1 N–H and O–H groups in total. The summed E-state index contributed by atoms with van der Waals surface area (Å²) in [5, 5.41) is 12.5. The van der Waals surface area contributed by atoms with Gasteiger partial charge in [-0.05, 0) is 45.8 Å². The molecule has 1 fully saturated rings. The van der Waals surface area contributed by atoms with Gasteiger partial charge >= 0.3 is 0 Å². The number of aromatic nitrogens is 1. The van der Waals surface area contributed by atoms with E-state index in [9.17, 15) is 4.79 Å². The number of nitrogens with one attached hydrogen (secondary N) is 1. The monoisotopic (exact) mass is 499 g/mol. The molecular weight excluding hydrogens is 482 g/mol. The smallest absolute Gasteiger partial charge is 0.236 e. The minimum absolute atomic E-state index is 0.0523. The minimum Gasteiger partial charge on any atom is -0.464 e. The minimum atomic E-state index is -0.518. The Morgan fingerprint density at radius 2 is 2.17 bits per heavy atom. The van der Waals surface area contributed by atoms with Gasteiger partial charge in [-0.15, -0.1) is 22.7 Å². The second-order valence-electron chi connectivity index (χ2n) is 7.76. The molecular formula is C22H18BrN3O2S2. The first-order valence-corrected chi connectivity index (χ1v) is 11.9. The lowest BCUT2D eigenvalue weighted by molar-refractivity contribution is -0.131. The van der Waals surface area contributed by atoms with Gasteiger partial charge in [-0.1, -0.05) is 13.0 Å². The summed E-state index contributed by atoms with van der Waals surface area (Å²) < 4.78 is 6.46. The van der Waals surface area contributed by atoms with Crippen LogP contribution in [0, 0.1) is 5.41 Å². The molecule has 0 bridgehead atoms. The van der Waals surface area contributed by atoms with Gasteiger partial charge in [0, 0.05) is 40.1 Å². The van der Waals surface area contributed by atoms with E-state index in [0.717, 1.165) is 35.8 Å². The maximum Gasteiger partial charge on any atom is 0.236 e. The van der Waals surface area contributed by atoms with Crippen LogP contribution in [0.1, 0.15) is 29.7 Å². The summed E-state index contributed by atoms with van der Waals surface area (Å²) in [4.78, 5) is 20.5. The van der Waals surface area contributed by atoms with Crippen LogP contribution in [0.2, 0.25) is 0 Å². The Morgan fingerprint density at radius 1 is 1.33 bits per heavy atom. The number of carbonyl (C=O) groups is 1. The third-order valence-corrected chi connectivity index (χ3v) is 8.59. The number of likely N-dealkylation sites (tertiary alicyclic amines) is 1. The molecule has 0 spiro atoms. The maximum absolute atomic E-state index is 13.4. The number of thiophene rings is 1. The molecule has 5 nitrogen and oxygen atoms in total. The van der Waals surface area contributed by atoms with Gasteiger partial charge in [0.15, 0.2) is 0 Å². The summed E-state index contributed by atoms with van der Waals surface area (Å²) in [6.07, 6.45) is 3.96. The number of benzene rings is 1. The number of furan rings is 1. The van der Waals surface area contributed by atoms with Crippen molar-refractivity contribution in [3.05, 3.63) is 62.4 Å². The highest BCUT2D eigenvalue weighted by Gasteiger charge is 2.49. The SMILES string of the molecule is CN1C(=N)C[C@](C)(c2cc(-c3ncc(Br)s3)cs2)C(c2ccc3occc3c2)C1=O. The standard InChI is InChI=1S/C22H18BrN3O2S2/c1-22(16-8-14(11-29-16)20-25-10-17(23)30-20)9-18(24)26(2)21(27)19(22)13-3-4-15-12(7-13)5-6-28-15/h3-8,10-11,19,24H,9H2,1-2H3/t19?,22-/m1/s1. The van der Waals surface area contributed by atoms with Crippen LogP contribution < -0.4 is 0 Å². The molecule has 4 heterocycles. The first-order valence-electron chi connectivity index (χ1n) is 9.40. The number of halogens is 1. The third kappa shape index (κ3) is 3.05. The number of rotatable bonds is 3. The number of hydrogen-bond donors (Lipinski definition) is 1. The molecule has 0 aliphatic carbocycles. The van der Waals surface area contributed by atoms with E-state index in [1.807, 2.05) is 24.3 Å². The molecule has 0 saturated carbocycles. The Kier molecular flexibility index (Phi) is 4.68. The van der Waals surface area contributed by atoms with Crippen LogP contribution in [-0.4, -0.2) is 28.7 Å². The van der Waals surface area contributed by atoms with E-state index in [0.29, 0.717) is 12.3 Å². The molecule has 1 aliphatic heterocycles. The zero-order valence-corrected chi connectivity index (χ0v) is 19.5. The van der Waals surface area contributed by atoms with Gasteiger partial charge in [-0.3, -0.25) is 10.2 Å². The average Bonchev–Trinajstić information content (AvgIpc) is 3.46. The fourth-order valence-electron chi connectivity index (χ4n) is 4.21. The molecule has 1 aromatic carbocycles. The molecule has 2 atom stereocenters. The summed E-state index contributed by atoms with van der Waals surface area (Å²) in [5.74, 6) is -0.0935. The zero-order chi connectivity index (χ0) is 21.0. The molecule has 0 radical (unpaired) electrons. The van der Waals surface area contributed by atoms with E-state index in [1.165, 1.54) is 4.90 Å². The first-order chi connectivity index (χ1) is 14.4. The van der Waals surface area contributed by atoms with Crippen molar-refractivity contribution in [3.63, 3.8) is 0 Å². The van der Waals surface area contributed by atoms with Crippen molar-refractivity contribution in [2.45, 2.75) is 24.7 Å².